The van der Waals surface area contributed by atoms with Crippen molar-refractivity contribution in [2.45, 2.75) is 71.7 Å². The van der Waals surface area contributed by atoms with Gasteiger partial charge in [-0.3, -0.25) is 0 Å². The van der Waals surface area contributed by atoms with E-state index < -0.39 is 11.7 Å². The van der Waals surface area contributed by atoms with Crippen molar-refractivity contribution >= 4 is 24.8 Å². The number of hydrogen-bond donors (Lipinski definition) is 1. The Labute approximate surface area is 163 Å². The van der Waals surface area contributed by atoms with Crippen molar-refractivity contribution in [3.63, 3.8) is 0 Å². The molecule has 0 spiro atoms. The second-order valence-electron chi connectivity index (χ2n) is 8.88. The van der Waals surface area contributed by atoms with E-state index in [-0.39, 0.29) is 18.3 Å². The molecule has 27 heavy (non-hydrogen) atoms. The van der Waals surface area contributed by atoms with Gasteiger partial charge in [0, 0.05) is 6.54 Å². The topological polar surface area (TPSA) is 56.8 Å². The van der Waals surface area contributed by atoms with E-state index in [4.69, 9.17) is 14.0 Å². The number of benzene rings is 1. The van der Waals surface area contributed by atoms with Crippen LogP contribution in [0.2, 0.25) is 0 Å². The zero-order chi connectivity index (χ0) is 20.3. The Kier molecular flexibility index (Phi) is 6.43. The summed E-state index contributed by atoms with van der Waals surface area (Å²) in [6.07, 6.45) is 4.39. The van der Waals surface area contributed by atoms with Gasteiger partial charge >= 0.3 is 13.2 Å². The SMILES string of the molecule is CC(C)(C)OC(=O)NCCC=Cc1cccc(B2OC(C)(C)C(C)(C)O2)c1. The molecule has 0 aromatic heterocycles. The summed E-state index contributed by atoms with van der Waals surface area (Å²) in [5.74, 6) is 0. The highest BCUT2D eigenvalue weighted by atomic mass is 16.7. The molecule has 1 fully saturated rings. The summed E-state index contributed by atoms with van der Waals surface area (Å²) < 4.78 is 17.4. The van der Waals surface area contributed by atoms with Crippen molar-refractivity contribution < 1.29 is 18.8 Å². The third-order valence-corrected chi connectivity index (χ3v) is 4.73. The van der Waals surface area contributed by atoms with Gasteiger partial charge in [-0.05, 0) is 65.9 Å². The van der Waals surface area contributed by atoms with Crippen LogP contribution in [-0.4, -0.2) is 36.6 Å². The number of hydrogen-bond acceptors (Lipinski definition) is 4. The fraction of sp³-hybridized carbons (Fsp3) is 0.571. The largest absolute Gasteiger partial charge is 0.494 e. The monoisotopic (exact) mass is 373 g/mol. The van der Waals surface area contributed by atoms with Crippen LogP contribution in [0.25, 0.3) is 6.08 Å². The van der Waals surface area contributed by atoms with Crippen LogP contribution in [0.5, 0.6) is 0 Å². The fourth-order valence-corrected chi connectivity index (χ4v) is 2.58. The van der Waals surface area contributed by atoms with E-state index in [0.717, 1.165) is 17.4 Å². The maximum absolute atomic E-state index is 11.6. The minimum Gasteiger partial charge on any atom is -0.444 e. The van der Waals surface area contributed by atoms with Crippen molar-refractivity contribution in [3.8, 4) is 0 Å². The number of carbonyl (C=O) groups is 1. The number of rotatable bonds is 5. The third-order valence-electron chi connectivity index (χ3n) is 4.73. The average molecular weight is 373 g/mol. The fourth-order valence-electron chi connectivity index (χ4n) is 2.58. The zero-order valence-electron chi connectivity index (χ0n) is 17.6. The number of carbonyl (C=O) groups excluding carboxylic acids is 1. The van der Waals surface area contributed by atoms with Crippen molar-refractivity contribution in [2.75, 3.05) is 6.54 Å². The highest BCUT2D eigenvalue weighted by Crippen LogP contribution is 2.36. The summed E-state index contributed by atoms with van der Waals surface area (Å²) >= 11 is 0. The van der Waals surface area contributed by atoms with Gasteiger partial charge in [0.15, 0.2) is 0 Å². The lowest BCUT2D eigenvalue weighted by molar-refractivity contribution is 0.00578. The van der Waals surface area contributed by atoms with E-state index in [2.05, 4.69) is 39.1 Å². The summed E-state index contributed by atoms with van der Waals surface area (Å²) in [5.41, 5.74) is 0.892. The van der Waals surface area contributed by atoms with Crippen molar-refractivity contribution in [1.82, 2.24) is 5.32 Å². The predicted octanol–water partition coefficient (Wildman–Crippen LogP) is 3.91. The lowest BCUT2D eigenvalue weighted by Gasteiger charge is -2.32. The van der Waals surface area contributed by atoms with E-state index in [9.17, 15) is 4.79 Å². The normalized spacial score (nSPS) is 18.7. The highest BCUT2D eigenvalue weighted by Gasteiger charge is 2.51. The van der Waals surface area contributed by atoms with Crippen LogP contribution in [0.4, 0.5) is 4.79 Å². The Hall–Kier alpha value is -1.79. The molecule has 1 saturated heterocycles. The number of ether oxygens (including phenoxy) is 1. The van der Waals surface area contributed by atoms with Gasteiger partial charge in [-0.2, -0.15) is 0 Å². The van der Waals surface area contributed by atoms with Crippen LogP contribution < -0.4 is 10.8 Å². The molecule has 1 aromatic rings. The Morgan fingerprint density at radius 2 is 1.81 bits per heavy atom. The molecule has 0 unspecified atom stereocenters. The van der Waals surface area contributed by atoms with E-state index in [1.807, 2.05) is 51.1 Å². The lowest BCUT2D eigenvalue weighted by Crippen LogP contribution is -2.41. The molecule has 1 aliphatic rings. The smallest absolute Gasteiger partial charge is 0.444 e. The Balaban J connectivity index is 1.87. The molecule has 148 valence electrons. The Morgan fingerprint density at radius 1 is 1.19 bits per heavy atom. The molecular formula is C21H32BNO4. The molecule has 5 nitrogen and oxygen atoms in total. The first-order valence-electron chi connectivity index (χ1n) is 9.49. The van der Waals surface area contributed by atoms with Crippen LogP contribution in [0.3, 0.4) is 0 Å². The summed E-state index contributed by atoms with van der Waals surface area (Å²) in [6, 6.07) is 8.12. The maximum Gasteiger partial charge on any atom is 0.494 e. The standard InChI is InChI=1S/C21H32BNO4/c1-19(2,3)25-18(24)23-14-9-8-11-16-12-10-13-17(15-16)22-26-20(4,5)21(6,7)27-22/h8,10-13,15H,9,14H2,1-7H3,(H,23,24). The van der Waals surface area contributed by atoms with Crippen LogP contribution in [0.15, 0.2) is 30.3 Å². The van der Waals surface area contributed by atoms with Gasteiger partial charge in [0.2, 0.25) is 0 Å². The van der Waals surface area contributed by atoms with Crippen molar-refractivity contribution in [3.05, 3.63) is 35.9 Å². The van der Waals surface area contributed by atoms with Gasteiger partial charge in [0.1, 0.15) is 5.60 Å². The maximum atomic E-state index is 11.6. The molecule has 1 aromatic carbocycles. The highest BCUT2D eigenvalue weighted by molar-refractivity contribution is 6.62. The van der Waals surface area contributed by atoms with Crippen LogP contribution >= 0.6 is 0 Å². The summed E-state index contributed by atoms with van der Waals surface area (Å²) in [5, 5.41) is 2.75. The molecule has 1 aliphatic heterocycles. The molecule has 0 radical (unpaired) electrons. The number of alkyl carbamates (subject to hydrolysis) is 1. The van der Waals surface area contributed by atoms with Gasteiger partial charge in [-0.15, -0.1) is 0 Å². The van der Waals surface area contributed by atoms with Gasteiger partial charge in [0.25, 0.3) is 0 Å². The minimum atomic E-state index is -0.478. The van der Waals surface area contributed by atoms with Gasteiger partial charge in [-0.25, -0.2) is 4.79 Å². The van der Waals surface area contributed by atoms with E-state index in [0.29, 0.717) is 6.54 Å². The second kappa shape index (κ2) is 8.07. The number of nitrogens with one attached hydrogen (secondary N) is 1. The van der Waals surface area contributed by atoms with E-state index in [1.165, 1.54) is 0 Å². The molecule has 1 amide bonds. The zero-order valence-corrected chi connectivity index (χ0v) is 17.6. The molecule has 0 bridgehead atoms. The molecular weight excluding hydrogens is 341 g/mol. The van der Waals surface area contributed by atoms with Crippen LogP contribution in [0, 0.1) is 0 Å². The first-order chi connectivity index (χ1) is 12.4. The lowest BCUT2D eigenvalue weighted by atomic mass is 9.78. The van der Waals surface area contributed by atoms with Crippen LogP contribution in [-0.2, 0) is 14.0 Å². The third kappa shape index (κ3) is 6.11. The minimum absolute atomic E-state index is 0.350. The Morgan fingerprint density at radius 3 is 2.41 bits per heavy atom. The van der Waals surface area contributed by atoms with Crippen molar-refractivity contribution in [1.29, 1.82) is 0 Å². The average Bonchev–Trinajstić information content (AvgIpc) is 2.74. The summed E-state index contributed by atoms with van der Waals surface area (Å²) in [6.45, 7) is 14.3. The number of amides is 1. The second-order valence-corrected chi connectivity index (χ2v) is 8.88. The predicted molar refractivity (Wildman–Crippen MR) is 110 cm³/mol. The molecule has 6 heteroatoms. The quantitative estimate of drug-likeness (QED) is 0.628. The molecule has 1 N–H and O–H groups in total. The molecule has 0 aliphatic carbocycles. The molecule has 0 atom stereocenters. The summed E-state index contributed by atoms with van der Waals surface area (Å²) in [7, 11) is -0.364. The van der Waals surface area contributed by atoms with Gasteiger partial charge in [0.05, 0.1) is 11.2 Å². The van der Waals surface area contributed by atoms with Crippen LogP contribution in [0.1, 0.15) is 60.5 Å². The summed E-state index contributed by atoms with van der Waals surface area (Å²) in [4.78, 5) is 11.6. The Bertz CT molecular complexity index is 676. The first-order valence-corrected chi connectivity index (χ1v) is 9.49. The van der Waals surface area contributed by atoms with E-state index >= 15 is 0 Å². The van der Waals surface area contributed by atoms with Crippen molar-refractivity contribution in [2.24, 2.45) is 0 Å². The molecule has 0 saturated carbocycles. The first kappa shape index (κ1) is 21.5. The van der Waals surface area contributed by atoms with Gasteiger partial charge in [-0.1, -0.05) is 36.4 Å². The molecule has 2 rings (SSSR count). The molecule has 1 heterocycles. The van der Waals surface area contributed by atoms with Gasteiger partial charge < -0.3 is 19.4 Å². The van der Waals surface area contributed by atoms with E-state index in [1.54, 1.807) is 0 Å².